The summed E-state index contributed by atoms with van der Waals surface area (Å²) in [4.78, 5) is 42.5. The lowest BCUT2D eigenvalue weighted by Gasteiger charge is -2.24. The highest BCUT2D eigenvalue weighted by molar-refractivity contribution is 9.10. The molecule has 1 N–H and O–H groups in total. The number of benzene rings is 2. The van der Waals surface area contributed by atoms with Gasteiger partial charge in [-0.2, -0.15) is 0 Å². The number of ether oxygens (including phenoxy) is 2. The standard InChI is InChI=1S/C26H22BrClN2O6S/c1-4-35-25(34)21-14(3)29-26-30(22(21)16-7-5-13(2)6-8-16)24(33)19(37-26)11-15-9-17(27)23(18(28)10-15)36-12-20(31)32/h5-11,22H,4,12H2,1-3H3,(H,31,32)/b19-11+/t22-/m0/s1. The number of thiazole rings is 1. The topological polar surface area (TPSA) is 107 Å². The molecule has 0 saturated heterocycles. The van der Waals surface area contributed by atoms with E-state index >= 15 is 0 Å². The Bertz CT molecular complexity index is 1580. The van der Waals surface area contributed by atoms with E-state index < -0.39 is 24.6 Å². The monoisotopic (exact) mass is 604 g/mol. The number of carboxylic acid groups (broad SMARTS) is 1. The van der Waals surface area contributed by atoms with Crippen molar-refractivity contribution in [2.75, 3.05) is 13.2 Å². The minimum atomic E-state index is -1.13. The molecule has 0 bridgehead atoms. The summed E-state index contributed by atoms with van der Waals surface area (Å²) < 4.78 is 12.9. The van der Waals surface area contributed by atoms with Gasteiger partial charge in [0.2, 0.25) is 0 Å². The van der Waals surface area contributed by atoms with Gasteiger partial charge in [-0.25, -0.2) is 14.6 Å². The number of allylic oxidation sites excluding steroid dienone is 1. The molecular formula is C26H22BrClN2O6S. The van der Waals surface area contributed by atoms with Crippen LogP contribution in [0.4, 0.5) is 0 Å². The normalized spacial score (nSPS) is 15.3. The number of carboxylic acids is 1. The highest BCUT2D eigenvalue weighted by Crippen LogP contribution is 2.35. The van der Waals surface area contributed by atoms with Gasteiger partial charge in [-0.05, 0) is 66.0 Å². The Morgan fingerprint density at radius 3 is 2.57 bits per heavy atom. The Kier molecular flexibility index (Phi) is 8.01. The molecule has 1 aliphatic rings. The van der Waals surface area contributed by atoms with Gasteiger partial charge in [-0.1, -0.05) is 52.8 Å². The number of hydrogen-bond acceptors (Lipinski definition) is 7. The minimum Gasteiger partial charge on any atom is -0.479 e. The third-order valence-electron chi connectivity index (χ3n) is 5.57. The van der Waals surface area contributed by atoms with Gasteiger partial charge >= 0.3 is 11.9 Å². The molecule has 0 amide bonds. The zero-order valence-electron chi connectivity index (χ0n) is 20.1. The number of hydrogen-bond donors (Lipinski definition) is 1. The van der Waals surface area contributed by atoms with Crippen molar-refractivity contribution in [1.29, 1.82) is 0 Å². The van der Waals surface area contributed by atoms with E-state index in [1.54, 1.807) is 32.1 Å². The first-order valence-corrected chi connectivity index (χ1v) is 13.2. The molecule has 1 aliphatic heterocycles. The predicted molar refractivity (Wildman–Crippen MR) is 144 cm³/mol. The van der Waals surface area contributed by atoms with Crippen molar-refractivity contribution in [3.8, 4) is 5.75 Å². The fourth-order valence-electron chi connectivity index (χ4n) is 3.94. The quantitative estimate of drug-likeness (QED) is 0.408. The van der Waals surface area contributed by atoms with Crippen LogP contribution < -0.4 is 19.6 Å². The summed E-state index contributed by atoms with van der Waals surface area (Å²) in [6.45, 7) is 5.08. The fourth-order valence-corrected chi connectivity index (χ4v) is 5.98. The lowest BCUT2D eigenvalue weighted by molar-refractivity contribution is -0.140. The van der Waals surface area contributed by atoms with Crippen LogP contribution in [-0.2, 0) is 14.3 Å². The van der Waals surface area contributed by atoms with Crippen LogP contribution in [0.5, 0.6) is 5.75 Å². The summed E-state index contributed by atoms with van der Waals surface area (Å²) in [6.07, 6.45) is 1.66. The summed E-state index contributed by atoms with van der Waals surface area (Å²) in [6, 6.07) is 10.2. The highest BCUT2D eigenvalue weighted by atomic mass is 79.9. The maximum absolute atomic E-state index is 13.7. The number of carbonyl (C=O) groups excluding carboxylic acids is 1. The average molecular weight is 606 g/mol. The largest absolute Gasteiger partial charge is 0.479 e. The lowest BCUT2D eigenvalue weighted by Crippen LogP contribution is -2.39. The Hall–Kier alpha value is -3.21. The van der Waals surface area contributed by atoms with Crippen molar-refractivity contribution in [2.45, 2.75) is 26.8 Å². The molecule has 1 atom stereocenters. The SMILES string of the molecule is CCOC(=O)C1=C(C)N=c2s/c(=C/c3cc(Cl)c(OCC(=O)O)c(Br)c3)c(=O)n2[C@H]1c1ccc(C)cc1. The van der Waals surface area contributed by atoms with Gasteiger partial charge in [0.05, 0.1) is 37.9 Å². The smallest absolute Gasteiger partial charge is 0.341 e. The molecule has 2 aromatic carbocycles. The summed E-state index contributed by atoms with van der Waals surface area (Å²) in [5.41, 5.74) is 2.90. The van der Waals surface area contributed by atoms with Crippen LogP contribution in [0.2, 0.25) is 5.02 Å². The van der Waals surface area contributed by atoms with E-state index in [0.29, 0.717) is 30.6 Å². The number of aliphatic carboxylic acids is 1. The summed E-state index contributed by atoms with van der Waals surface area (Å²) in [5.74, 6) is -1.46. The first-order chi connectivity index (χ1) is 17.6. The third kappa shape index (κ3) is 5.56. The zero-order chi connectivity index (χ0) is 26.9. The molecule has 4 rings (SSSR count). The molecule has 11 heteroatoms. The molecule has 0 saturated carbocycles. The second-order valence-electron chi connectivity index (χ2n) is 8.21. The number of aromatic nitrogens is 1. The molecule has 1 aromatic heterocycles. The maximum Gasteiger partial charge on any atom is 0.341 e. The van der Waals surface area contributed by atoms with Gasteiger partial charge in [-0.3, -0.25) is 9.36 Å². The Labute approximate surface area is 229 Å². The Morgan fingerprint density at radius 2 is 1.95 bits per heavy atom. The van der Waals surface area contributed by atoms with Gasteiger partial charge in [0.1, 0.15) is 0 Å². The molecule has 2 heterocycles. The summed E-state index contributed by atoms with van der Waals surface area (Å²) in [5, 5.41) is 9.06. The molecule has 0 radical (unpaired) electrons. The van der Waals surface area contributed by atoms with Gasteiger partial charge < -0.3 is 14.6 Å². The van der Waals surface area contributed by atoms with Crippen LogP contribution in [-0.4, -0.2) is 34.8 Å². The number of fused-ring (bicyclic) bond motifs is 1. The average Bonchev–Trinajstić information content (AvgIpc) is 3.12. The number of nitrogens with zero attached hydrogens (tertiary/aromatic N) is 2. The Balaban J connectivity index is 1.86. The number of halogens is 2. The van der Waals surface area contributed by atoms with E-state index in [4.69, 9.17) is 26.2 Å². The van der Waals surface area contributed by atoms with Crippen molar-refractivity contribution in [1.82, 2.24) is 4.57 Å². The molecule has 3 aromatic rings. The fraction of sp³-hybridized carbons (Fsp3) is 0.231. The van der Waals surface area contributed by atoms with Gasteiger partial charge in [0, 0.05) is 0 Å². The Morgan fingerprint density at radius 1 is 1.24 bits per heavy atom. The number of carbonyl (C=O) groups is 2. The van der Waals surface area contributed by atoms with Crippen molar-refractivity contribution in [3.63, 3.8) is 0 Å². The van der Waals surface area contributed by atoms with E-state index in [1.807, 2.05) is 31.2 Å². The van der Waals surface area contributed by atoms with Crippen molar-refractivity contribution >= 4 is 56.9 Å². The molecule has 192 valence electrons. The number of aryl methyl sites for hydroxylation is 1. The lowest BCUT2D eigenvalue weighted by atomic mass is 9.95. The van der Waals surface area contributed by atoms with Crippen LogP contribution >= 0.6 is 38.9 Å². The summed E-state index contributed by atoms with van der Waals surface area (Å²) in [7, 11) is 0. The second-order valence-corrected chi connectivity index (χ2v) is 10.5. The summed E-state index contributed by atoms with van der Waals surface area (Å²) >= 11 is 10.9. The highest BCUT2D eigenvalue weighted by Gasteiger charge is 2.33. The van der Waals surface area contributed by atoms with Crippen molar-refractivity contribution in [2.24, 2.45) is 4.99 Å². The first-order valence-electron chi connectivity index (χ1n) is 11.2. The van der Waals surface area contributed by atoms with E-state index in [0.717, 1.165) is 11.1 Å². The minimum absolute atomic E-state index is 0.188. The van der Waals surface area contributed by atoms with Crippen LogP contribution in [0.3, 0.4) is 0 Å². The second kappa shape index (κ2) is 11.0. The van der Waals surface area contributed by atoms with E-state index in [1.165, 1.54) is 15.9 Å². The molecule has 37 heavy (non-hydrogen) atoms. The van der Waals surface area contributed by atoms with E-state index in [2.05, 4.69) is 20.9 Å². The third-order valence-corrected chi connectivity index (χ3v) is 7.42. The van der Waals surface area contributed by atoms with Crippen LogP contribution in [0.15, 0.2) is 61.9 Å². The maximum atomic E-state index is 13.7. The molecule has 8 nitrogen and oxygen atoms in total. The predicted octanol–water partition coefficient (Wildman–Crippen LogP) is 3.99. The van der Waals surface area contributed by atoms with Crippen LogP contribution in [0.25, 0.3) is 6.08 Å². The first kappa shape index (κ1) is 26.8. The number of esters is 1. The van der Waals surface area contributed by atoms with Gasteiger partial charge in [-0.15, -0.1) is 0 Å². The van der Waals surface area contributed by atoms with Gasteiger partial charge in [0.25, 0.3) is 5.56 Å². The zero-order valence-corrected chi connectivity index (χ0v) is 23.2. The van der Waals surface area contributed by atoms with E-state index in [-0.39, 0.29) is 22.9 Å². The molecule has 0 fully saturated rings. The van der Waals surface area contributed by atoms with Crippen molar-refractivity contribution in [3.05, 3.63) is 93.5 Å². The number of rotatable bonds is 7. The molecule has 0 spiro atoms. The van der Waals surface area contributed by atoms with Crippen LogP contribution in [0, 0.1) is 6.92 Å². The van der Waals surface area contributed by atoms with E-state index in [9.17, 15) is 14.4 Å². The molecule has 0 unspecified atom stereocenters. The van der Waals surface area contributed by atoms with Crippen molar-refractivity contribution < 1.29 is 24.2 Å². The molecular weight excluding hydrogens is 584 g/mol. The molecule has 0 aliphatic carbocycles. The van der Waals surface area contributed by atoms with Gasteiger partial charge in [0.15, 0.2) is 17.2 Å². The van der Waals surface area contributed by atoms with Crippen LogP contribution in [0.1, 0.15) is 36.6 Å².